The van der Waals surface area contributed by atoms with Crippen LogP contribution in [0.25, 0.3) is 0 Å². The van der Waals surface area contributed by atoms with E-state index in [1.54, 1.807) is 32.2 Å². The van der Waals surface area contributed by atoms with Crippen LogP contribution >= 0.6 is 0 Å². The number of amides is 1. The van der Waals surface area contributed by atoms with Crippen molar-refractivity contribution in [2.45, 2.75) is 13.0 Å². The second kappa shape index (κ2) is 6.85. The Kier molecular flexibility index (Phi) is 5.42. The second-order valence-corrected chi connectivity index (χ2v) is 3.69. The van der Waals surface area contributed by atoms with Gasteiger partial charge >= 0.3 is 0 Å². The van der Waals surface area contributed by atoms with Crippen molar-refractivity contribution in [2.24, 2.45) is 0 Å². The first kappa shape index (κ1) is 13.4. The van der Waals surface area contributed by atoms with Gasteiger partial charge in [0, 0.05) is 0 Å². The van der Waals surface area contributed by atoms with Crippen LogP contribution in [0.3, 0.4) is 0 Å². The zero-order chi connectivity index (χ0) is 12.7. The van der Waals surface area contributed by atoms with Crippen molar-refractivity contribution in [1.29, 1.82) is 0 Å². The van der Waals surface area contributed by atoms with Gasteiger partial charge in [-0.05, 0) is 26.1 Å². The third-order valence-electron chi connectivity index (χ3n) is 2.09. The second-order valence-electron chi connectivity index (χ2n) is 3.69. The van der Waals surface area contributed by atoms with Crippen molar-refractivity contribution in [3.05, 3.63) is 30.1 Å². The van der Waals surface area contributed by atoms with E-state index < -0.39 is 5.82 Å². The van der Waals surface area contributed by atoms with E-state index in [1.165, 1.54) is 6.07 Å². The highest BCUT2D eigenvalue weighted by Crippen LogP contribution is 2.16. The molecule has 1 rings (SSSR count). The van der Waals surface area contributed by atoms with Gasteiger partial charge in [-0.15, -0.1) is 0 Å². The van der Waals surface area contributed by atoms with Crippen LogP contribution < -0.4 is 15.4 Å². The first-order valence-corrected chi connectivity index (χ1v) is 5.46. The molecular weight excluding hydrogens is 223 g/mol. The van der Waals surface area contributed by atoms with Crippen LogP contribution in [-0.2, 0) is 4.79 Å². The molecule has 17 heavy (non-hydrogen) atoms. The third kappa shape index (κ3) is 4.82. The summed E-state index contributed by atoms with van der Waals surface area (Å²) < 4.78 is 18.6. The minimum atomic E-state index is -0.402. The highest BCUT2D eigenvalue weighted by Gasteiger charge is 2.08. The van der Waals surface area contributed by atoms with E-state index in [4.69, 9.17) is 4.74 Å². The molecule has 0 aromatic heterocycles. The largest absolute Gasteiger partial charge is 0.486 e. The summed E-state index contributed by atoms with van der Waals surface area (Å²) in [6.45, 7) is 2.37. The molecule has 1 aromatic rings. The van der Waals surface area contributed by atoms with E-state index in [0.29, 0.717) is 6.54 Å². The summed E-state index contributed by atoms with van der Waals surface area (Å²) in [6, 6.07) is 6.19. The monoisotopic (exact) mass is 240 g/mol. The summed E-state index contributed by atoms with van der Waals surface area (Å²) in [4.78, 5) is 11.2. The van der Waals surface area contributed by atoms with Gasteiger partial charge in [0.2, 0.25) is 5.91 Å². The topological polar surface area (TPSA) is 50.4 Å². The number of hydrogen-bond acceptors (Lipinski definition) is 3. The fourth-order valence-corrected chi connectivity index (χ4v) is 1.28. The lowest BCUT2D eigenvalue weighted by Gasteiger charge is -2.15. The first-order chi connectivity index (χ1) is 8.13. The normalized spacial score (nSPS) is 11.9. The molecule has 0 saturated heterocycles. The fraction of sp³-hybridized carbons (Fsp3) is 0.417. The maximum absolute atomic E-state index is 13.2. The Morgan fingerprint density at radius 1 is 1.47 bits per heavy atom. The van der Waals surface area contributed by atoms with Gasteiger partial charge in [-0.25, -0.2) is 4.39 Å². The Bertz CT molecular complexity index is 371. The molecule has 0 aliphatic heterocycles. The number of carbonyl (C=O) groups excluding carboxylic acids is 1. The van der Waals surface area contributed by atoms with Gasteiger partial charge in [-0.3, -0.25) is 4.79 Å². The lowest BCUT2D eigenvalue weighted by Crippen LogP contribution is -2.38. The zero-order valence-corrected chi connectivity index (χ0v) is 10.00. The average Bonchev–Trinajstić information content (AvgIpc) is 2.30. The van der Waals surface area contributed by atoms with Crippen molar-refractivity contribution in [2.75, 3.05) is 20.1 Å². The summed E-state index contributed by atoms with van der Waals surface area (Å²) in [7, 11) is 1.69. The molecule has 5 heteroatoms. The smallest absolute Gasteiger partial charge is 0.234 e. The van der Waals surface area contributed by atoms with E-state index in [9.17, 15) is 9.18 Å². The molecule has 4 nitrogen and oxygen atoms in total. The van der Waals surface area contributed by atoms with Gasteiger partial charge in [0.05, 0.1) is 13.1 Å². The van der Waals surface area contributed by atoms with Gasteiger partial charge in [-0.2, -0.15) is 0 Å². The van der Waals surface area contributed by atoms with Gasteiger partial charge in [-0.1, -0.05) is 12.1 Å². The summed E-state index contributed by atoms with van der Waals surface area (Å²) in [5, 5.41) is 5.41. The Morgan fingerprint density at radius 2 is 2.18 bits per heavy atom. The molecule has 0 aliphatic rings. The number of nitrogens with one attached hydrogen (secondary N) is 2. The molecule has 94 valence electrons. The minimum Gasteiger partial charge on any atom is -0.486 e. The molecule has 0 spiro atoms. The summed E-state index contributed by atoms with van der Waals surface area (Å²) in [5.74, 6) is -0.319. The van der Waals surface area contributed by atoms with Crippen LogP contribution in [0.2, 0.25) is 0 Å². The molecule has 2 N–H and O–H groups in total. The molecule has 0 saturated carbocycles. The molecule has 1 atom stereocenters. The van der Waals surface area contributed by atoms with Gasteiger partial charge in [0.25, 0.3) is 0 Å². The van der Waals surface area contributed by atoms with E-state index >= 15 is 0 Å². The summed E-state index contributed by atoms with van der Waals surface area (Å²) in [6.07, 6.45) is -0.285. The Balaban J connectivity index is 2.37. The van der Waals surface area contributed by atoms with Gasteiger partial charge in [0.1, 0.15) is 6.10 Å². The molecule has 1 aromatic carbocycles. The van der Waals surface area contributed by atoms with Crippen LogP contribution in [0.15, 0.2) is 24.3 Å². The average molecular weight is 240 g/mol. The number of para-hydroxylation sites is 1. The van der Waals surface area contributed by atoms with E-state index in [0.717, 1.165) is 0 Å². The third-order valence-corrected chi connectivity index (χ3v) is 2.09. The number of halogens is 1. The molecule has 1 unspecified atom stereocenters. The van der Waals surface area contributed by atoms with E-state index in [2.05, 4.69) is 10.6 Å². The van der Waals surface area contributed by atoms with Crippen LogP contribution in [0.5, 0.6) is 5.75 Å². The molecule has 0 heterocycles. The predicted molar refractivity (Wildman–Crippen MR) is 63.4 cm³/mol. The van der Waals surface area contributed by atoms with Crippen LogP contribution in [0, 0.1) is 5.82 Å². The summed E-state index contributed by atoms with van der Waals surface area (Å²) in [5.41, 5.74) is 0. The van der Waals surface area contributed by atoms with Crippen molar-refractivity contribution in [3.8, 4) is 5.75 Å². The van der Waals surface area contributed by atoms with Crippen molar-refractivity contribution >= 4 is 5.91 Å². The maximum atomic E-state index is 13.2. The zero-order valence-electron chi connectivity index (χ0n) is 10.00. The summed E-state index contributed by atoms with van der Waals surface area (Å²) >= 11 is 0. The Morgan fingerprint density at radius 3 is 2.82 bits per heavy atom. The molecule has 0 fully saturated rings. The molecule has 0 radical (unpaired) electrons. The van der Waals surface area contributed by atoms with Crippen molar-refractivity contribution < 1.29 is 13.9 Å². The standard InChI is InChI=1S/C12H17FN2O2/c1-9(7-15-12(16)8-14-2)17-11-6-4-3-5-10(11)13/h3-6,9,14H,7-8H2,1-2H3,(H,15,16). The number of ether oxygens (including phenoxy) is 1. The maximum Gasteiger partial charge on any atom is 0.234 e. The predicted octanol–water partition coefficient (Wildman–Crippen LogP) is 0.929. The van der Waals surface area contributed by atoms with E-state index in [1.807, 2.05) is 0 Å². The molecule has 1 amide bonds. The van der Waals surface area contributed by atoms with Gasteiger partial charge in [0.15, 0.2) is 11.6 Å². The number of benzene rings is 1. The van der Waals surface area contributed by atoms with Crippen LogP contribution in [0.4, 0.5) is 4.39 Å². The lowest BCUT2D eigenvalue weighted by atomic mass is 10.3. The van der Waals surface area contributed by atoms with Gasteiger partial charge < -0.3 is 15.4 Å². The quantitative estimate of drug-likeness (QED) is 0.777. The Labute approximate surface area is 100 Å². The molecule has 0 bridgehead atoms. The van der Waals surface area contributed by atoms with Crippen molar-refractivity contribution in [1.82, 2.24) is 10.6 Å². The number of likely N-dealkylation sites (N-methyl/N-ethyl adjacent to an activating group) is 1. The Hall–Kier alpha value is -1.62. The fourth-order valence-electron chi connectivity index (χ4n) is 1.28. The number of rotatable bonds is 6. The van der Waals surface area contributed by atoms with Crippen molar-refractivity contribution in [3.63, 3.8) is 0 Å². The minimum absolute atomic E-state index is 0.114. The first-order valence-electron chi connectivity index (χ1n) is 5.46. The highest BCUT2D eigenvalue weighted by atomic mass is 19.1. The number of hydrogen-bond donors (Lipinski definition) is 2. The lowest BCUT2D eigenvalue weighted by molar-refractivity contribution is -0.120. The van der Waals surface area contributed by atoms with Crippen LogP contribution in [0.1, 0.15) is 6.92 Å². The number of carbonyl (C=O) groups is 1. The molecule has 0 aliphatic carbocycles. The SMILES string of the molecule is CNCC(=O)NCC(C)Oc1ccccc1F. The molecular formula is C12H17FN2O2. The van der Waals surface area contributed by atoms with Crippen LogP contribution in [-0.4, -0.2) is 32.1 Å². The van der Waals surface area contributed by atoms with E-state index in [-0.39, 0.29) is 24.3 Å². The highest BCUT2D eigenvalue weighted by molar-refractivity contribution is 5.77.